The van der Waals surface area contributed by atoms with E-state index in [1.807, 2.05) is 0 Å². The first-order valence-corrected chi connectivity index (χ1v) is 7.38. The summed E-state index contributed by atoms with van der Waals surface area (Å²) in [6, 6.07) is 8.80. The van der Waals surface area contributed by atoms with Gasteiger partial charge in [-0.1, -0.05) is 25.1 Å². The first-order valence-electron chi connectivity index (χ1n) is 7.38. The maximum Gasteiger partial charge on any atom is 0.0554 e. The summed E-state index contributed by atoms with van der Waals surface area (Å²) < 4.78 is 5.27. The van der Waals surface area contributed by atoms with Crippen molar-refractivity contribution in [1.82, 2.24) is 5.32 Å². The molecule has 2 aliphatic rings. The summed E-state index contributed by atoms with van der Waals surface area (Å²) in [5, 5.41) is 3.57. The smallest absolute Gasteiger partial charge is 0.0554 e. The molecular weight excluding hydrogens is 236 g/mol. The van der Waals surface area contributed by atoms with Crippen molar-refractivity contribution in [1.29, 1.82) is 0 Å². The molecule has 0 saturated carbocycles. The number of hydrogen-bond donors (Lipinski definition) is 1. The number of fused-ring (bicyclic) bond motifs is 1. The molecule has 0 atom stereocenters. The van der Waals surface area contributed by atoms with Gasteiger partial charge in [-0.3, -0.25) is 0 Å². The number of benzene rings is 1. The summed E-state index contributed by atoms with van der Waals surface area (Å²) in [6.45, 7) is 8.67. The SMILES string of the molecule is CC1(CNCCCN2CCc3ccccc32)COC1. The maximum atomic E-state index is 5.27. The minimum Gasteiger partial charge on any atom is -0.380 e. The molecule has 0 unspecified atom stereocenters. The van der Waals surface area contributed by atoms with E-state index in [4.69, 9.17) is 4.74 Å². The average molecular weight is 260 g/mol. The van der Waals surface area contributed by atoms with Crippen molar-refractivity contribution in [2.24, 2.45) is 5.41 Å². The Morgan fingerprint density at radius 1 is 1.32 bits per heavy atom. The molecule has 1 aromatic carbocycles. The lowest BCUT2D eigenvalue weighted by Gasteiger charge is -2.38. The summed E-state index contributed by atoms with van der Waals surface area (Å²) in [5.74, 6) is 0. The number of nitrogens with zero attached hydrogens (tertiary/aromatic N) is 1. The third kappa shape index (κ3) is 2.93. The molecule has 104 valence electrons. The molecule has 3 heteroatoms. The molecular formula is C16H24N2O. The Kier molecular flexibility index (Phi) is 3.76. The van der Waals surface area contributed by atoms with E-state index in [9.17, 15) is 0 Å². The average Bonchev–Trinajstić information content (AvgIpc) is 2.80. The van der Waals surface area contributed by atoms with Gasteiger partial charge in [-0.2, -0.15) is 0 Å². The van der Waals surface area contributed by atoms with Crippen molar-refractivity contribution < 1.29 is 4.74 Å². The van der Waals surface area contributed by atoms with Gasteiger partial charge in [0.25, 0.3) is 0 Å². The number of hydrogen-bond acceptors (Lipinski definition) is 3. The van der Waals surface area contributed by atoms with Gasteiger partial charge in [-0.25, -0.2) is 0 Å². The van der Waals surface area contributed by atoms with Crippen molar-refractivity contribution in [2.45, 2.75) is 19.8 Å². The van der Waals surface area contributed by atoms with Crippen molar-refractivity contribution in [2.75, 3.05) is 44.3 Å². The van der Waals surface area contributed by atoms with Crippen LogP contribution in [0.3, 0.4) is 0 Å². The minimum absolute atomic E-state index is 0.389. The highest BCUT2D eigenvalue weighted by molar-refractivity contribution is 5.57. The summed E-state index contributed by atoms with van der Waals surface area (Å²) in [5.41, 5.74) is 3.34. The molecule has 2 heterocycles. The second-order valence-corrected chi connectivity index (χ2v) is 6.20. The molecule has 1 saturated heterocycles. The van der Waals surface area contributed by atoms with Crippen LogP contribution in [0, 0.1) is 5.41 Å². The zero-order valence-corrected chi connectivity index (χ0v) is 11.8. The lowest BCUT2D eigenvalue weighted by molar-refractivity contribution is -0.0989. The Labute approximate surface area is 115 Å². The Hall–Kier alpha value is -1.06. The van der Waals surface area contributed by atoms with Gasteiger partial charge in [0.1, 0.15) is 0 Å². The zero-order valence-electron chi connectivity index (χ0n) is 11.8. The number of anilines is 1. The van der Waals surface area contributed by atoms with Gasteiger partial charge in [0, 0.05) is 30.7 Å². The van der Waals surface area contributed by atoms with Crippen molar-refractivity contribution >= 4 is 5.69 Å². The molecule has 0 spiro atoms. The van der Waals surface area contributed by atoms with Crippen LogP contribution in [0.25, 0.3) is 0 Å². The van der Waals surface area contributed by atoms with Crippen molar-refractivity contribution in [3.8, 4) is 0 Å². The van der Waals surface area contributed by atoms with Gasteiger partial charge in [-0.15, -0.1) is 0 Å². The lowest BCUT2D eigenvalue weighted by Crippen LogP contribution is -2.47. The number of nitrogens with one attached hydrogen (secondary N) is 1. The van der Waals surface area contributed by atoms with Gasteiger partial charge in [0.15, 0.2) is 0 Å². The Bertz CT molecular complexity index is 429. The third-order valence-electron chi connectivity index (χ3n) is 4.22. The quantitative estimate of drug-likeness (QED) is 0.792. The van der Waals surface area contributed by atoms with Gasteiger partial charge in [0.05, 0.1) is 13.2 Å². The predicted molar refractivity (Wildman–Crippen MR) is 78.8 cm³/mol. The van der Waals surface area contributed by atoms with Crippen LogP contribution in [0.4, 0.5) is 5.69 Å². The highest BCUT2D eigenvalue weighted by Gasteiger charge is 2.32. The lowest BCUT2D eigenvalue weighted by atomic mass is 9.89. The van der Waals surface area contributed by atoms with E-state index >= 15 is 0 Å². The Balaban J connectivity index is 1.37. The summed E-state index contributed by atoms with van der Waals surface area (Å²) in [4.78, 5) is 2.52. The highest BCUT2D eigenvalue weighted by Crippen LogP contribution is 2.27. The fourth-order valence-electron chi connectivity index (χ4n) is 2.98. The molecule has 3 rings (SSSR count). The second-order valence-electron chi connectivity index (χ2n) is 6.20. The molecule has 3 nitrogen and oxygen atoms in total. The first-order chi connectivity index (χ1) is 9.27. The molecule has 1 N–H and O–H groups in total. The minimum atomic E-state index is 0.389. The van der Waals surface area contributed by atoms with Crippen LogP contribution in [-0.4, -0.2) is 39.4 Å². The Morgan fingerprint density at radius 3 is 2.95 bits per heavy atom. The molecule has 0 bridgehead atoms. The topological polar surface area (TPSA) is 24.5 Å². The van der Waals surface area contributed by atoms with Crippen LogP contribution in [-0.2, 0) is 11.2 Å². The van der Waals surface area contributed by atoms with E-state index in [-0.39, 0.29) is 0 Å². The molecule has 1 aromatic rings. The first kappa shape index (κ1) is 12.9. The van der Waals surface area contributed by atoms with E-state index in [1.165, 1.54) is 30.6 Å². The van der Waals surface area contributed by atoms with Gasteiger partial charge in [0.2, 0.25) is 0 Å². The van der Waals surface area contributed by atoms with Crippen molar-refractivity contribution in [3.63, 3.8) is 0 Å². The summed E-state index contributed by atoms with van der Waals surface area (Å²) in [7, 11) is 0. The number of para-hydroxylation sites is 1. The van der Waals surface area contributed by atoms with Gasteiger partial charge in [-0.05, 0) is 31.0 Å². The summed E-state index contributed by atoms with van der Waals surface area (Å²) in [6.07, 6.45) is 2.42. The molecule has 0 aliphatic carbocycles. The predicted octanol–water partition coefficient (Wildman–Crippen LogP) is 2.07. The van der Waals surface area contributed by atoms with Crippen LogP contribution >= 0.6 is 0 Å². The molecule has 0 radical (unpaired) electrons. The van der Waals surface area contributed by atoms with E-state index in [0.717, 1.165) is 32.8 Å². The highest BCUT2D eigenvalue weighted by atomic mass is 16.5. The fourth-order valence-corrected chi connectivity index (χ4v) is 2.98. The van der Waals surface area contributed by atoms with Gasteiger partial charge < -0.3 is 15.0 Å². The van der Waals surface area contributed by atoms with E-state index < -0.39 is 0 Å². The normalized spacial score (nSPS) is 20.2. The van der Waals surface area contributed by atoms with Gasteiger partial charge >= 0.3 is 0 Å². The van der Waals surface area contributed by atoms with Crippen LogP contribution < -0.4 is 10.2 Å². The summed E-state index contributed by atoms with van der Waals surface area (Å²) >= 11 is 0. The van der Waals surface area contributed by atoms with E-state index in [1.54, 1.807) is 0 Å². The van der Waals surface area contributed by atoms with Crippen LogP contribution in [0.5, 0.6) is 0 Å². The molecule has 19 heavy (non-hydrogen) atoms. The second kappa shape index (κ2) is 5.51. The fraction of sp³-hybridized carbons (Fsp3) is 0.625. The standard InChI is InChI=1S/C16H24N2O/c1-16(12-19-13-16)11-17-8-4-9-18-10-7-14-5-2-3-6-15(14)18/h2-3,5-6,17H,4,7-13H2,1H3. The zero-order chi connectivity index (χ0) is 13.1. The third-order valence-corrected chi connectivity index (χ3v) is 4.22. The monoisotopic (exact) mass is 260 g/mol. The number of rotatable bonds is 6. The largest absolute Gasteiger partial charge is 0.380 e. The maximum absolute atomic E-state index is 5.27. The van der Waals surface area contributed by atoms with E-state index in [0.29, 0.717) is 5.41 Å². The molecule has 2 aliphatic heterocycles. The van der Waals surface area contributed by atoms with Crippen LogP contribution in [0.2, 0.25) is 0 Å². The Morgan fingerprint density at radius 2 is 2.16 bits per heavy atom. The molecule has 0 aromatic heterocycles. The molecule has 1 fully saturated rings. The van der Waals surface area contributed by atoms with Crippen molar-refractivity contribution in [3.05, 3.63) is 29.8 Å². The van der Waals surface area contributed by atoms with Crippen LogP contribution in [0.1, 0.15) is 18.9 Å². The molecule has 0 amide bonds. The van der Waals surface area contributed by atoms with E-state index in [2.05, 4.69) is 41.4 Å². The van der Waals surface area contributed by atoms with Crippen LogP contribution in [0.15, 0.2) is 24.3 Å². The number of ether oxygens (including phenoxy) is 1.